The van der Waals surface area contributed by atoms with Crippen LogP contribution in [0.4, 0.5) is 0 Å². The van der Waals surface area contributed by atoms with Gasteiger partial charge in [0.2, 0.25) is 0 Å². The zero-order valence-electron chi connectivity index (χ0n) is 8.52. The summed E-state index contributed by atoms with van der Waals surface area (Å²) in [5, 5.41) is 0. The summed E-state index contributed by atoms with van der Waals surface area (Å²) in [6, 6.07) is 4.41. The molecule has 0 aliphatic heterocycles. The molecule has 0 nitrogen and oxygen atoms in total. The van der Waals surface area contributed by atoms with E-state index in [1.165, 1.54) is 27.8 Å². The van der Waals surface area contributed by atoms with E-state index in [2.05, 4.69) is 41.5 Å². The minimum absolute atomic E-state index is 0.784. The van der Waals surface area contributed by atoms with Crippen molar-refractivity contribution in [3.8, 4) is 9.40 Å². The first kappa shape index (κ1) is 9.98. The van der Waals surface area contributed by atoms with E-state index in [4.69, 9.17) is 0 Å². The first-order valence-corrected chi connectivity index (χ1v) is 6.98. The summed E-state index contributed by atoms with van der Waals surface area (Å²) < 4.78 is 3.13. The van der Waals surface area contributed by atoms with Crippen molar-refractivity contribution >= 4 is 31.8 Å². The second kappa shape index (κ2) is 3.90. The number of hydrogen-bond donors (Lipinski definition) is 0. The number of allylic oxidation sites excluding steroid dienone is 1. The Morgan fingerprint density at radius 1 is 1.21 bits per heavy atom. The first-order valence-electron chi connectivity index (χ1n) is 4.73. The molecule has 0 saturated heterocycles. The van der Waals surface area contributed by atoms with E-state index in [0.29, 0.717) is 0 Å². The van der Waals surface area contributed by atoms with Crippen LogP contribution in [-0.4, -0.2) is 25.8 Å². The average Bonchev–Trinajstić information content (AvgIpc) is 2.57. The van der Waals surface area contributed by atoms with Crippen molar-refractivity contribution in [2.45, 2.75) is 20.3 Å². The Hall–Kier alpha value is -0.558. The summed E-state index contributed by atoms with van der Waals surface area (Å²) in [6.45, 7) is 4.36. The molecule has 1 aliphatic carbocycles. The topological polar surface area (TPSA) is 0 Å². The van der Waals surface area contributed by atoms with E-state index in [-0.39, 0.29) is 0 Å². The Morgan fingerprint density at radius 2 is 1.93 bits per heavy atom. The van der Waals surface area contributed by atoms with Gasteiger partial charge in [-0.15, -0.1) is 0 Å². The van der Waals surface area contributed by atoms with Crippen LogP contribution in [0, 0.1) is 23.2 Å². The Kier molecular flexibility index (Phi) is 2.78. The summed E-state index contributed by atoms with van der Waals surface area (Å²) >= 11 is 0.784. The number of benzene rings is 1. The van der Waals surface area contributed by atoms with Gasteiger partial charge in [-0.2, -0.15) is 0 Å². The number of fused-ring (bicyclic) bond motifs is 1. The molecule has 66 valence electrons. The van der Waals surface area contributed by atoms with E-state index in [1.807, 2.05) is 0 Å². The fraction of sp³-hybridized carbons (Fsp3) is 0.231. The van der Waals surface area contributed by atoms with Gasteiger partial charge in [0.1, 0.15) is 0 Å². The van der Waals surface area contributed by atoms with E-state index < -0.39 is 0 Å². The van der Waals surface area contributed by atoms with Crippen LogP contribution in [0.15, 0.2) is 17.7 Å². The SMILES string of the molecule is Cc1ccc(C)c2c1C=C(C#[C][Tl])C2. The standard InChI is InChI=1S/C13H11.Tl/c1-4-11-7-12-9(2)5-6-10(3)13(12)8-11;/h5-7H,8H2,2-3H3;. The van der Waals surface area contributed by atoms with Crippen LogP contribution < -0.4 is 0 Å². The van der Waals surface area contributed by atoms with Gasteiger partial charge < -0.3 is 0 Å². The normalized spacial score (nSPS) is 12.8. The van der Waals surface area contributed by atoms with Crippen molar-refractivity contribution in [1.82, 2.24) is 0 Å². The van der Waals surface area contributed by atoms with Crippen molar-refractivity contribution < 1.29 is 0 Å². The Bertz CT molecular complexity index is 470. The molecule has 1 aromatic rings. The van der Waals surface area contributed by atoms with Crippen molar-refractivity contribution in [2.75, 3.05) is 0 Å². The quantitative estimate of drug-likeness (QED) is 0.485. The predicted octanol–water partition coefficient (Wildman–Crippen LogP) is 2.37. The summed E-state index contributed by atoms with van der Waals surface area (Å²) in [7, 11) is 0. The molecule has 0 fully saturated rings. The summed E-state index contributed by atoms with van der Waals surface area (Å²) in [5.41, 5.74) is 6.95. The maximum absolute atomic E-state index is 3.23. The van der Waals surface area contributed by atoms with Crippen LogP contribution >= 0.6 is 0 Å². The van der Waals surface area contributed by atoms with E-state index in [9.17, 15) is 0 Å². The zero-order chi connectivity index (χ0) is 10.1. The van der Waals surface area contributed by atoms with Gasteiger partial charge in [-0.25, -0.2) is 0 Å². The molecule has 0 heterocycles. The van der Waals surface area contributed by atoms with Crippen LogP contribution in [-0.2, 0) is 6.42 Å². The van der Waals surface area contributed by atoms with Gasteiger partial charge in [-0.3, -0.25) is 0 Å². The molecule has 0 radical (unpaired) electrons. The van der Waals surface area contributed by atoms with Gasteiger partial charge >= 0.3 is 101 Å². The van der Waals surface area contributed by atoms with Crippen LogP contribution in [0.2, 0.25) is 0 Å². The fourth-order valence-corrected chi connectivity index (χ4v) is 2.64. The Balaban J connectivity index is 2.53. The number of hydrogen-bond acceptors (Lipinski definition) is 0. The van der Waals surface area contributed by atoms with Crippen molar-refractivity contribution in [1.29, 1.82) is 0 Å². The van der Waals surface area contributed by atoms with Crippen molar-refractivity contribution in [2.24, 2.45) is 0 Å². The fourth-order valence-electron chi connectivity index (χ4n) is 1.92. The molecule has 14 heavy (non-hydrogen) atoms. The molecule has 0 unspecified atom stereocenters. The van der Waals surface area contributed by atoms with E-state index in [0.717, 1.165) is 32.2 Å². The van der Waals surface area contributed by atoms with Gasteiger partial charge in [-0.1, -0.05) is 0 Å². The molecule has 1 heteroatoms. The molecule has 0 saturated carbocycles. The third-order valence-corrected chi connectivity index (χ3v) is 3.29. The molecule has 0 atom stereocenters. The molecule has 1 aliphatic rings. The third kappa shape index (κ3) is 1.66. The Labute approximate surface area is 101 Å². The zero-order valence-corrected chi connectivity index (χ0v) is 13.0. The van der Waals surface area contributed by atoms with Crippen molar-refractivity contribution in [3.05, 3.63) is 40.0 Å². The molecular weight excluding hydrogens is 361 g/mol. The van der Waals surface area contributed by atoms with Gasteiger partial charge in [0.05, 0.1) is 0 Å². The second-order valence-electron chi connectivity index (χ2n) is 3.71. The summed E-state index contributed by atoms with van der Waals surface area (Å²) in [5.74, 6) is 3.23. The molecule has 0 N–H and O–H groups in total. The van der Waals surface area contributed by atoms with Crippen LogP contribution in [0.1, 0.15) is 22.3 Å². The molecule has 0 bridgehead atoms. The molecule has 1 aromatic carbocycles. The van der Waals surface area contributed by atoms with E-state index >= 15 is 0 Å². The molecular formula is C13H11Tl. The first-order chi connectivity index (χ1) is 6.72. The van der Waals surface area contributed by atoms with Crippen molar-refractivity contribution in [3.63, 3.8) is 0 Å². The maximum atomic E-state index is 3.23. The van der Waals surface area contributed by atoms with Gasteiger partial charge in [0, 0.05) is 0 Å². The van der Waals surface area contributed by atoms with Gasteiger partial charge in [-0.05, 0) is 0 Å². The molecule has 0 amide bonds. The third-order valence-electron chi connectivity index (χ3n) is 2.73. The molecule has 2 rings (SSSR count). The molecule has 0 aromatic heterocycles. The van der Waals surface area contributed by atoms with Gasteiger partial charge in [0.15, 0.2) is 0 Å². The predicted molar refractivity (Wildman–Crippen MR) is 61.1 cm³/mol. The second-order valence-corrected chi connectivity index (χ2v) is 4.83. The van der Waals surface area contributed by atoms with Crippen LogP contribution in [0.3, 0.4) is 0 Å². The number of rotatable bonds is 0. The van der Waals surface area contributed by atoms with Gasteiger partial charge in [0.25, 0.3) is 0 Å². The average molecular weight is 372 g/mol. The molecule has 0 spiro atoms. The van der Waals surface area contributed by atoms with Crippen LogP contribution in [0.5, 0.6) is 0 Å². The summed E-state index contributed by atoms with van der Waals surface area (Å²) in [6.07, 6.45) is 3.30. The minimum atomic E-state index is 0.784. The monoisotopic (exact) mass is 372 g/mol. The van der Waals surface area contributed by atoms with E-state index in [1.54, 1.807) is 0 Å². The summed E-state index contributed by atoms with van der Waals surface area (Å²) in [4.78, 5) is 0. The van der Waals surface area contributed by atoms with Crippen LogP contribution in [0.25, 0.3) is 6.08 Å². The Morgan fingerprint density at radius 3 is 2.57 bits per heavy atom. The number of aryl methyl sites for hydroxylation is 2.